The number of hydrogen-bond donors (Lipinski definition) is 1. The van der Waals surface area contributed by atoms with Crippen LogP contribution in [0.3, 0.4) is 0 Å². The molecule has 1 aromatic heterocycles. The molecule has 2 unspecified atom stereocenters. The monoisotopic (exact) mass is 308 g/mol. The minimum absolute atomic E-state index is 0.0817. The highest BCUT2D eigenvalue weighted by Crippen LogP contribution is 2.29. The van der Waals surface area contributed by atoms with Crippen molar-refractivity contribution >= 4 is 17.4 Å². The van der Waals surface area contributed by atoms with E-state index in [9.17, 15) is 13.2 Å². The van der Waals surface area contributed by atoms with Crippen LogP contribution in [0.5, 0.6) is 0 Å². The molecule has 0 spiro atoms. The minimum atomic E-state index is -4.60. The van der Waals surface area contributed by atoms with E-state index < -0.39 is 12.0 Å². The fourth-order valence-corrected chi connectivity index (χ4v) is 2.56. The Morgan fingerprint density at radius 3 is 2.70 bits per heavy atom. The lowest BCUT2D eigenvalue weighted by atomic mass is 9.94. The topological polar surface area (TPSA) is 41.0 Å². The van der Waals surface area contributed by atoms with Crippen molar-refractivity contribution in [3.63, 3.8) is 0 Å². The minimum Gasteiger partial charge on any atom is -0.367 e. The molecule has 112 valence electrons. The number of hydrogen-bond acceptors (Lipinski definition) is 4. The van der Waals surface area contributed by atoms with Crippen LogP contribution in [0.2, 0.25) is 5.15 Å². The average Bonchev–Trinajstić information content (AvgIpc) is 2.31. The summed E-state index contributed by atoms with van der Waals surface area (Å²) in [5.41, 5.74) is 0. The van der Waals surface area contributed by atoms with Crippen molar-refractivity contribution in [3.05, 3.63) is 17.0 Å². The van der Waals surface area contributed by atoms with Gasteiger partial charge in [-0.15, -0.1) is 0 Å². The van der Waals surface area contributed by atoms with E-state index in [1.165, 1.54) is 6.07 Å². The second kappa shape index (κ2) is 5.73. The van der Waals surface area contributed by atoms with E-state index in [4.69, 9.17) is 11.6 Å². The third-order valence-electron chi connectivity index (χ3n) is 3.39. The molecule has 1 N–H and O–H groups in total. The molecule has 4 nitrogen and oxygen atoms in total. The summed E-state index contributed by atoms with van der Waals surface area (Å²) in [6, 6.07) is 1.40. The molecule has 2 atom stereocenters. The number of nitrogens with zero attached hydrogens (tertiary/aromatic N) is 3. The molecule has 0 aromatic carbocycles. The van der Waals surface area contributed by atoms with Crippen LogP contribution in [-0.2, 0) is 6.18 Å². The van der Waals surface area contributed by atoms with Crippen molar-refractivity contribution in [2.45, 2.75) is 25.6 Å². The van der Waals surface area contributed by atoms with Crippen LogP contribution in [0.15, 0.2) is 6.07 Å². The molecule has 1 saturated heterocycles. The maximum absolute atomic E-state index is 12.6. The fraction of sp³-hybridized carbons (Fsp3) is 0.667. The Bertz CT molecular complexity index is 480. The van der Waals surface area contributed by atoms with Crippen LogP contribution in [0, 0.1) is 5.92 Å². The highest BCUT2D eigenvalue weighted by molar-refractivity contribution is 6.29. The maximum atomic E-state index is 12.6. The van der Waals surface area contributed by atoms with Crippen LogP contribution in [0.4, 0.5) is 19.0 Å². The molecular formula is C12H16ClF3N4. The van der Waals surface area contributed by atoms with Gasteiger partial charge in [0, 0.05) is 18.7 Å². The Balaban J connectivity index is 2.15. The summed E-state index contributed by atoms with van der Waals surface area (Å²) < 4.78 is 37.9. The summed E-state index contributed by atoms with van der Waals surface area (Å²) in [6.07, 6.45) is -3.75. The summed E-state index contributed by atoms with van der Waals surface area (Å²) in [4.78, 5) is 8.91. The normalized spacial score (nSPS) is 24.7. The molecule has 0 amide bonds. The van der Waals surface area contributed by atoms with Gasteiger partial charge in [-0.2, -0.15) is 13.2 Å². The van der Waals surface area contributed by atoms with Gasteiger partial charge < -0.3 is 10.2 Å². The molecule has 0 aliphatic carbocycles. The maximum Gasteiger partial charge on any atom is 0.451 e. The predicted octanol–water partition coefficient (Wildman–Crippen LogP) is 2.90. The summed E-state index contributed by atoms with van der Waals surface area (Å²) in [7, 11) is 2.02. The SMILES string of the molecule is CC1CN(C)CCC1Nc1cc(Cl)nc(C(F)(F)F)n1. The van der Waals surface area contributed by atoms with Crippen LogP contribution in [0.1, 0.15) is 19.2 Å². The van der Waals surface area contributed by atoms with Crippen LogP contribution < -0.4 is 5.32 Å². The number of rotatable bonds is 2. The molecule has 20 heavy (non-hydrogen) atoms. The largest absolute Gasteiger partial charge is 0.451 e. The summed E-state index contributed by atoms with van der Waals surface area (Å²) in [5.74, 6) is -0.774. The zero-order valence-corrected chi connectivity index (χ0v) is 12.0. The van der Waals surface area contributed by atoms with E-state index in [2.05, 4.69) is 27.1 Å². The lowest BCUT2D eigenvalue weighted by molar-refractivity contribution is -0.144. The Morgan fingerprint density at radius 2 is 2.10 bits per heavy atom. The van der Waals surface area contributed by atoms with E-state index in [0.717, 1.165) is 19.5 Å². The molecule has 2 rings (SSSR count). The number of anilines is 1. The Hall–Kier alpha value is -1.08. The third-order valence-corrected chi connectivity index (χ3v) is 3.58. The smallest absolute Gasteiger partial charge is 0.367 e. The van der Waals surface area contributed by atoms with Gasteiger partial charge in [0.15, 0.2) is 0 Å². The Labute approximate surface area is 120 Å². The van der Waals surface area contributed by atoms with Crippen LogP contribution in [-0.4, -0.2) is 41.0 Å². The zero-order chi connectivity index (χ0) is 14.9. The molecular weight excluding hydrogens is 293 g/mol. The first-order chi connectivity index (χ1) is 9.25. The van der Waals surface area contributed by atoms with Crippen LogP contribution >= 0.6 is 11.6 Å². The lowest BCUT2D eigenvalue weighted by Gasteiger charge is -2.35. The number of nitrogens with one attached hydrogen (secondary N) is 1. The highest BCUT2D eigenvalue weighted by Gasteiger charge is 2.35. The van der Waals surface area contributed by atoms with E-state index in [-0.39, 0.29) is 17.0 Å². The fourth-order valence-electron chi connectivity index (χ4n) is 2.38. The molecule has 1 aromatic rings. The molecule has 0 radical (unpaired) electrons. The Morgan fingerprint density at radius 1 is 1.40 bits per heavy atom. The second-order valence-electron chi connectivity index (χ2n) is 5.18. The van der Waals surface area contributed by atoms with E-state index >= 15 is 0 Å². The third kappa shape index (κ3) is 3.73. The number of alkyl halides is 3. The highest BCUT2D eigenvalue weighted by atomic mass is 35.5. The van der Waals surface area contributed by atoms with Crippen molar-refractivity contribution in [2.24, 2.45) is 5.92 Å². The van der Waals surface area contributed by atoms with E-state index in [0.29, 0.717) is 5.92 Å². The van der Waals surface area contributed by atoms with Crippen molar-refractivity contribution in [1.82, 2.24) is 14.9 Å². The number of likely N-dealkylation sites (tertiary alicyclic amines) is 1. The first-order valence-corrected chi connectivity index (χ1v) is 6.70. The molecule has 0 bridgehead atoms. The van der Waals surface area contributed by atoms with Gasteiger partial charge in [0.25, 0.3) is 0 Å². The van der Waals surface area contributed by atoms with Gasteiger partial charge in [0.1, 0.15) is 11.0 Å². The van der Waals surface area contributed by atoms with Crippen molar-refractivity contribution in [1.29, 1.82) is 0 Å². The standard InChI is InChI=1S/C12H16ClF3N4/c1-7-6-20(2)4-3-8(7)17-10-5-9(13)18-11(19-10)12(14,15)16/h5,7-8H,3-4,6H2,1-2H3,(H,17,18,19). The van der Waals surface area contributed by atoms with Gasteiger partial charge in [-0.05, 0) is 25.9 Å². The lowest BCUT2D eigenvalue weighted by Crippen LogP contribution is -2.43. The first kappa shape index (κ1) is 15.3. The predicted molar refractivity (Wildman–Crippen MR) is 70.7 cm³/mol. The van der Waals surface area contributed by atoms with Gasteiger partial charge >= 0.3 is 6.18 Å². The molecule has 0 saturated carbocycles. The van der Waals surface area contributed by atoms with Crippen LogP contribution in [0.25, 0.3) is 0 Å². The number of aromatic nitrogens is 2. The summed E-state index contributed by atoms with van der Waals surface area (Å²) in [5, 5.41) is 2.83. The molecule has 1 aliphatic rings. The van der Waals surface area contributed by atoms with Crippen molar-refractivity contribution in [2.75, 3.05) is 25.5 Å². The van der Waals surface area contributed by atoms with Gasteiger partial charge in [0.05, 0.1) is 0 Å². The Kier molecular flexibility index (Phi) is 4.39. The molecule has 8 heteroatoms. The van der Waals surface area contributed by atoms with Gasteiger partial charge in [-0.1, -0.05) is 18.5 Å². The number of piperidine rings is 1. The summed E-state index contributed by atoms with van der Waals surface area (Å²) >= 11 is 5.63. The van der Waals surface area contributed by atoms with Gasteiger partial charge in [-0.3, -0.25) is 0 Å². The van der Waals surface area contributed by atoms with E-state index in [1.54, 1.807) is 0 Å². The van der Waals surface area contributed by atoms with E-state index in [1.807, 2.05) is 7.05 Å². The second-order valence-corrected chi connectivity index (χ2v) is 5.56. The average molecular weight is 309 g/mol. The number of halogens is 4. The molecule has 1 fully saturated rings. The quantitative estimate of drug-likeness (QED) is 0.853. The van der Waals surface area contributed by atoms with Crippen molar-refractivity contribution in [3.8, 4) is 0 Å². The summed E-state index contributed by atoms with van der Waals surface area (Å²) in [6.45, 7) is 3.84. The molecule has 2 heterocycles. The van der Waals surface area contributed by atoms with Gasteiger partial charge in [0.2, 0.25) is 5.82 Å². The first-order valence-electron chi connectivity index (χ1n) is 6.32. The van der Waals surface area contributed by atoms with Crippen molar-refractivity contribution < 1.29 is 13.2 Å². The van der Waals surface area contributed by atoms with Gasteiger partial charge in [-0.25, -0.2) is 9.97 Å². The zero-order valence-electron chi connectivity index (χ0n) is 11.2. The molecule has 1 aliphatic heterocycles.